The van der Waals surface area contributed by atoms with Gasteiger partial charge in [0.05, 0.1) is 16.5 Å². The first kappa shape index (κ1) is 15.3. The molecule has 25 heavy (non-hydrogen) atoms. The van der Waals surface area contributed by atoms with Gasteiger partial charge in [-0.25, -0.2) is 14.8 Å². The van der Waals surface area contributed by atoms with Crippen LogP contribution < -0.4 is 10.2 Å². The van der Waals surface area contributed by atoms with Gasteiger partial charge in [-0.3, -0.25) is 9.47 Å². The zero-order valence-electron chi connectivity index (χ0n) is 13.5. The lowest BCUT2D eigenvalue weighted by Gasteiger charge is -2.18. The molecule has 2 heterocycles. The van der Waals surface area contributed by atoms with Crippen LogP contribution >= 0.6 is 11.3 Å². The van der Waals surface area contributed by atoms with Crippen LogP contribution in [0, 0.1) is 0 Å². The van der Waals surface area contributed by atoms with E-state index in [0.717, 1.165) is 22.5 Å². The maximum atomic E-state index is 12.4. The van der Waals surface area contributed by atoms with E-state index in [-0.39, 0.29) is 6.03 Å². The van der Waals surface area contributed by atoms with Gasteiger partial charge in [0.2, 0.25) is 0 Å². The summed E-state index contributed by atoms with van der Waals surface area (Å²) in [7, 11) is 1.74. The molecule has 0 aliphatic rings. The molecule has 0 saturated carbocycles. The molecule has 0 bridgehead atoms. The van der Waals surface area contributed by atoms with Crippen molar-refractivity contribution < 1.29 is 4.79 Å². The fraction of sp³-hybridized carbons (Fsp3) is 0.0556. The van der Waals surface area contributed by atoms with Gasteiger partial charge in [0.15, 0.2) is 0 Å². The number of carbonyl (C=O) groups is 1. The van der Waals surface area contributed by atoms with E-state index in [1.54, 1.807) is 23.8 Å². The number of anilines is 2. The molecular weight excluding hydrogens is 334 g/mol. The fourth-order valence-corrected chi connectivity index (χ4v) is 3.10. The number of aromatic nitrogens is 3. The van der Waals surface area contributed by atoms with E-state index in [2.05, 4.69) is 15.3 Å². The van der Waals surface area contributed by atoms with Crippen molar-refractivity contribution in [1.29, 1.82) is 0 Å². The summed E-state index contributed by atoms with van der Waals surface area (Å²) < 4.78 is 1.92. The number of para-hydroxylation sites is 1. The number of hydrogen-bond acceptors (Lipinski definition) is 4. The molecule has 1 N–H and O–H groups in total. The van der Waals surface area contributed by atoms with E-state index in [9.17, 15) is 4.79 Å². The van der Waals surface area contributed by atoms with Gasteiger partial charge in [-0.1, -0.05) is 18.2 Å². The van der Waals surface area contributed by atoms with Crippen molar-refractivity contribution in [1.82, 2.24) is 14.5 Å². The summed E-state index contributed by atoms with van der Waals surface area (Å²) in [5, 5.41) is 4.86. The lowest BCUT2D eigenvalue weighted by Crippen LogP contribution is -2.31. The van der Waals surface area contributed by atoms with Gasteiger partial charge in [-0.15, -0.1) is 11.3 Å². The highest BCUT2D eigenvalue weighted by Gasteiger charge is 2.12. The summed E-state index contributed by atoms with van der Waals surface area (Å²) in [6.07, 6.45) is 1.74. The van der Waals surface area contributed by atoms with Gasteiger partial charge in [-0.05, 0) is 30.3 Å². The Morgan fingerprint density at radius 3 is 2.76 bits per heavy atom. The predicted octanol–water partition coefficient (Wildman–Crippen LogP) is 4.15. The monoisotopic (exact) mass is 349 g/mol. The standard InChI is InChI=1S/C18H15N5OS/c1-22(14-5-3-2-4-6-14)18(24)21-13-7-8-16-15(9-13)19-11-23(16)17-10-25-12-20-17/h2-12H,1H3,(H,21,24). The van der Waals surface area contributed by atoms with Crippen LogP contribution in [0.5, 0.6) is 0 Å². The van der Waals surface area contributed by atoms with Crippen LogP contribution in [0.1, 0.15) is 0 Å². The molecule has 0 radical (unpaired) electrons. The highest BCUT2D eigenvalue weighted by Crippen LogP contribution is 2.22. The summed E-state index contributed by atoms with van der Waals surface area (Å²) in [6, 6.07) is 14.9. The minimum Gasteiger partial charge on any atom is -0.307 e. The van der Waals surface area contributed by atoms with Crippen LogP contribution in [0.3, 0.4) is 0 Å². The Balaban J connectivity index is 1.57. The maximum Gasteiger partial charge on any atom is 0.326 e. The number of urea groups is 1. The zero-order valence-corrected chi connectivity index (χ0v) is 14.3. The van der Waals surface area contributed by atoms with Gasteiger partial charge in [0.1, 0.15) is 12.1 Å². The molecular formula is C18H15N5OS. The van der Waals surface area contributed by atoms with Gasteiger partial charge in [0, 0.05) is 23.8 Å². The Morgan fingerprint density at radius 1 is 1.16 bits per heavy atom. The number of rotatable bonds is 3. The third kappa shape index (κ3) is 2.97. The fourth-order valence-electron chi connectivity index (χ4n) is 2.57. The van der Waals surface area contributed by atoms with E-state index in [1.807, 2.05) is 58.5 Å². The molecule has 0 unspecified atom stereocenters. The van der Waals surface area contributed by atoms with Crippen LogP contribution in [-0.4, -0.2) is 27.6 Å². The van der Waals surface area contributed by atoms with E-state index in [4.69, 9.17) is 0 Å². The first-order valence-electron chi connectivity index (χ1n) is 7.68. The molecule has 7 heteroatoms. The van der Waals surface area contributed by atoms with Crippen molar-refractivity contribution in [2.75, 3.05) is 17.3 Å². The van der Waals surface area contributed by atoms with E-state index < -0.39 is 0 Å². The number of fused-ring (bicyclic) bond motifs is 1. The number of carbonyl (C=O) groups excluding carboxylic acids is 1. The van der Waals surface area contributed by atoms with Crippen molar-refractivity contribution >= 4 is 39.8 Å². The van der Waals surface area contributed by atoms with E-state index in [0.29, 0.717) is 5.69 Å². The minimum atomic E-state index is -0.204. The number of hydrogen-bond donors (Lipinski definition) is 1. The Labute approximate surface area is 148 Å². The number of imidazole rings is 1. The van der Waals surface area contributed by atoms with E-state index in [1.165, 1.54) is 11.3 Å². The second kappa shape index (κ2) is 6.37. The van der Waals surface area contributed by atoms with Crippen LogP contribution in [0.15, 0.2) is 65.7 Å². The quantitative estimate of drug-likeness (QED) is 0.604. The van der Waals surface area contributed by atoms with Crippen LogP contribution in [0.4, 0.5) is 16.2 Å². The van der Waals surface area contributed by atoms with Gasteiger partial charge >= 0.3 is 6.03 Å². The number of nitrogens with zero attached hydrogens (tertiary/aromatic N) is 4. The van der Waals surface area contributed by atoms with Crippen molar-refractivity contribution in [3.63, 3.8) is 0 Å². The van der Waals surface area contributed by atoms with Crippen LogP contribution in [0.2, 0.25) is 0 Å². The van der Waals surface area contributed by atoms with Crippen molar-refractivity contribution in [3.05, 3.63) is 65.7 Å². The Morgan fingerprint density at radius 2 is 2.00 bits per heavy atom. The first-order chi connectivity index (χ1) is 12.2. The molecule has 2 aromatic heterocycles. The Kier molecular flexibility index (Phi) is 3.91. The lowest BCUT2D eigenvalue weighted by molar-refractivity contribution is 0.258. The van der Waals surface area contributed by atoms with Gasteiger partial charge in [-0.2, -0.15) is 0 Å². The normalized spacial score (nSPS) is 10.8. The van der Waals surface area contributed by atoms with Gasteiger partial charge < -0.3 is 5.32 Å². The topological polar surface area (TPSA) is 63.1 Å². The average molecular weight is 349 g/mol. The molecule has 2 aromatic carbocycles. The molecule has 0 atom stereocenters. The highest BCUT2D eigenvalue weighted by atomic mass is 32.1. The predicted molar refractivity (Wildman–Crippen MR) is 101 cm³/mol. The zero-order chi connectivity index (χ0) is 17.2. The smallest absolute Gasteiger partial charge is 0.307 e. The molecule has 0 fully saturated rings. The number of benzene rings is 2. The molecule has 0 saturated heterocycles. The van der Waals surface area contributed by atoms with Crippen LogP contribution in [-0.2, 0) is 0 Å². The Bertz CT molecular complexity index is 1010. The highest BCUT2D eigenvalue weighted by molar-refractivity contribution is 7.07. The van der Waals surface area contributed by atoms with Gasteiger partial charge in [0.25, 0.3) is 0 Å². The second-order valence-electron chi connectivity index (χ2n) is 5.49. The summed E-state index contributed by atoms with van der Waals surface area (Å²) >= 11 is 1.54. The third-order valence-corrected chi connectivity index (χ3v) is 4.49. The number of amides is 2. The molecule has 4 aromatic rings. The SMILES string of the molecule is CN(C(=O)Nc1ccc2c(c1)ncn2-c1cscn1)c1ccccc1. The molecule has 6 nitrogen and oxygen atoms in total. The van der Waals surface area contributed by atoms with Crippen molar-refractivity contribution in [2.45, 2.75) is 0 Å². The summed E-state index contributed by atoms with van der Waals surface area (Å²) in [4.78, 5) is 22.7. The van der Waals surface area contributed by atoms with Crippen molar-refractivity contribution in [2.24, 2.45) is 0 Å². The second-order valence-corrected chi connectivity index (χ2v) is 6.21. The Hall–Kier alpha value is -3.19. The molecule has 0 aliphatic carbocycles. The number of nitrogens with one attached hydrogen (secondary N) is 1. The third-order valence-electron chi connectivity index (χ3n) is 3.91. The first-order valence-corrected chi connectivity index (χ1v) is 8.62. The average Bonchev–Trinajstić information content (AvgIpc) is 3.30. The largest absolute Gasteiger partial charge is 0.326 e. The summed E-state index contributed by atoms with van der Waals surface area (Å²) in [6.45, 7) is 0. The maximum absolute atomic E-state index is 12.4. The summed E-state index contributed by atoms with van der Waals surface area (Å²) in [5.41, 5.74) is 5.06. The molecule has 0 spiro atoms. The molecule has 2 amide bonds. The minimum absolute atomic E-state index is 0.204. The molecule has 4 rings (SSSR count). The van der Waals surface area contributed by atoms with Crippen LogP contribution in [0.25, 0.3) is 16.9 Å². The molecule has 0 aliphatic heterocycles. The van der Waals surface area contributed by atoms with Crippen molar-refractivity contribution in [3.8, 4) is 5.82 Å². The number of thiazole rings is 1. The van der Waals surface area contributed by atoms with E-state index >= 15 is 0 Å². The summed E-state index contributed by atoms with van der Waals surface area (Å²) in [5.74, 6) is 0.841. The lowest BCUT2D eigenvalue weighted by atomic mass is 10.2. The molecule has 124 valence electrons.